The molecule has 1 unspecified atom stereocenters. The molecule has 310 valence electrons. The lowest BCUT2D eigenvalue weighted by Crippen LogP contribution is -2.35. The third-order valence-electron chi connectivity index (χ3n) is 10.4. The Balaban J connectivity index is 4.19. The van der Waals surface area contributed by atoms with E-state index in [1.807, 2.05) is 0 Å². The Morgan fingerprint density at radius 1 is 0.538 bits per heavy atom. The minimum absolute atomic E-state index is 0.0596. The molecule has 0 saturated heterocycles. The number of hydrogen-bond acceptors (Lipinski definition) is 7. The highest BCUT2D eigenvalue weighted by Crippen LogP contribution is 2.18. The number of rotatable bonds is 43. The number of aliphatic hydroxyl groups is 2. The quantitative estimate of drug-likeness (QED) is 0.0475. The Hall–Kier alpha value is -1.02. The van der Waals surface area contributed by atoms with Crippen molar-refractivity contribution in [2.75, 3.05) is 39.5 Å². The SMILES string of the molecule is CCCCCCCCCCCCCOCC(=O)CCN(CCCO)CC(O)CCCCCC(=O)OC(CCCCCCCC)CCCCCCCC. The number of esters is 1. The average Bonchev–Trinajstić information content (AvgIpc) is 3.13. The maximum atomic E-state index is 12.7. The van der Waals surface area contributed by atoms with Crippen molar-refractivity contribution in [3.05, 3.63) is 0 Å². The van der Waals surface area contributed by atoms with E-state index < -0.39 is 6.10 Å². The molecule has 0 aliphatic heterocycles. The van der Waals surface area contributed by atoms with Gasteiger partial charge in [-0.25, -0.2) is 0 Å². The van der Waals surface area contributed by atoms with Crippen LogP contribution in [0.3, 0.4) is 0 Å². The summed E-state index contributed by atoms with van der Waals surface area (Å²) in [6.07, 6.45) is 35.5. The van der Waals surface area contributed by atoms with Gasteiger partial charge in [-0.2, -0.15) is 0 Å². The van der Waals surface area contributed by atoms with Crippen molar-refractivity contribution in [2.45, 2.75) is 238 Å². The summed E-state index contributed by atoms with van der Waals surface area (Å²) in [7, 11) is 0. The van der Waals surface area contributed by atoms with Crippen LogP contribution in [0.1, 0.15) is 226 Å². The fraction of sp³-hybridized carbons (Fsp3) is 0.956. The van der Waals surface area contributed by atoms with Crippen LogP contribution >= 0.6 is 0 Å². The van der Waals surface area contributed by atoms with Gasteiger partial charge in [0.2, 0.25) is 0 Å². The highest BCUT2D eigenvalue weighted by atomic mass is 16.5. The summed E-state index contributed by atoms with van der Waals surface area (Å²) in [5, 5.41) is 20.1. The maximum Gasteiger partial charge on any atom is 0.306 e. The number of nitrogens with zero attached hydrogens (tertiary/aromatic N) is 1. The lowest BCUT2D eigenvalue weighted by Gasteiger charge is -2.24. The molecule has 0 aromatic rings. The number of carbonyl (C=O) groups excluding carboxylic acids is 2. The number of aliphatic hydroxyl groups excluding tert-OH is 2. The van der Waals surface area contributed by atoms with Crippen molar-refractivity contribution in [3.8, 4) is 0 Å². The largest absolute Gasteiger partial charge is 0.462 e. The van der Waals surface area contributed by atoms with Crippen LogP contribution in [0.4, 0.5) is 0 Å². The molecule has 0 aromatic heterocycles. The fourth-order valence-corrected chi connectivity index (χ4v) is 7.03. The molecule has 7 heteroatoms. The van der Waals surface area contributed by atoms with Crippen LogP contribution in [0.5, 0.6) is 0 Å². The zero-order chi connectivity index (χ0) is 38.2. The molecular weight excluding hydrogens is 650 g/mol. The summed E-state index contributed by atoms with van der Waals surface area (Å²) in [4.78, 5) is 27.3. The average molecular weight is 740 g/mol. The van der Waals surface area contributed by atoms with Gasteiger partial charge in [0.25, 0.3) is 0 Å². The third-order valence-corrected chi connectivity index (χ3v) is 10.4. The summed E-state index contributed by atoms with van der Waals surface area (Å²) < 4.78 is 11.7. The fourth-order valence-electron chi connectivity index (χ4n) is 7.03. The van der Waals surface area contributed by atoms with Crippen molar-refractivity contribution >= 4 is 11.8 Å². The van der Waals surface area contributed by atoms with Gasteiger partial charge in [-0.3, -0.25) is 9.59 Å². The predicted octanol–water partition coefficient (Wildman–Crippen LogP) is 11.7. The van der Waals surface area contributed by atoms with Gasteiger partial charge < -0.3 is 24.6 Å². The molecule has 1 atom stereocenters. The molecule has 0 rings (SSSR count). The lowest BCUT2D eigenvalue weighted by molar-refractivity contribution is -0.150. The Morgan fingerprint density at radius 3 is 1.52 bits per heavy atom. The zero-order valence-corrected chi connectivity index (χ0v) is 35.0. The molecule has 0 aromatic carbocycles. The van der Waals surface area contributed by atoms with Crippen molar-refractivity contribution in [3.63, 3.8) is 0 Å². The van der Waals surface area contributed by atoms with Crippen LogP contribution < -0.4 is 0 Å². The summed E-state index contributed by atoms with van der Waals surface area (Å²) >= 11 is 0. The van der Waals surface area contributed by atoms with Gasteiger partial charge in [-0.15, -0.1) is 0 Å². The first-order valence-corrected chi connectivity index (χ1v) is 22.8. The number of unbranched alkanes of at least 4 members (excludes halogenated alkanes) is 22. The first kappa shape index (κ1) is 51.0. The minimum atomic E-state index is -0.489. The molecule has 0 amide bonds. The van der Waals surface area contributed by atoms with Crippen LogP contribution in [0, 0.1) is 0 Å². The summed E-state index contributed by atoms with van der Waals surface area (Å²) in [6.45, 7) is 9.38. The first-order chi connectivity index (χ1) is 25.5. The first-order valence-electron chi connectivity index (χ1n) is 22.8. The van der Waals surface area contributed by atoms with E-state index in [2.05, 4.69) is 25.7 Å². The number of ketones is 1. The van der Waals surface area contributed by atoms with E-state index in [1.54, 1.807) is 0 Å². The lowest BCUT2D eigenvalue weighted by atomic mass is 10.0. The molecule has 7 nitrogen and oxygen atoms in total. The Bertz CT molecular complexity index is 733. The van der Waals surface area contributed by atoms with Crippen molar-refractivity contribution in [1.82, 2.24) is 4.90 Å². The Morgan fingerprint density at radius 2 is 1.00 bits per heavy atom. The minimum Gasteiger partial charge on any atom is -0.462 e. The maximum absolute atomic E-state index is 12.7. The molecule has 0 aliphatic rings. The second-order valence-corrected chi connectivity index (χ2v) is 15.7. The number of carbonyl (C=O) groups is 2. The molecule has 0 spiro atoms. The number of Topliss-reactive ketones (excluding diaryl/α,β-unsaturated/α-hetero) is 1. The predicted molar refractivity (Wildman–Crippen MR) is 220 cm³/mol. The van der Waals surface area contributed by atoms with E-state index in [1.165, 1.54) is 128 Å². The third kappa shape index (κ3) is 37.3. The van der Waals surface area contributed by atoms with Crippen LogP contribution in [-0.2, 0) is 19.1 Å². The second kappa shape index (κ2) is 41.1. The van der Waals surface area contributed by atoms with E-state index in [-0.39, 0.29) is 31.1 Å². The van der Waals surface area contributed by atoms with E-state index in [0.29, 0.717) is 51.9 Å². The molecule has 0 saturated carbocycles. The summed E-state index contributed by atoms with van der Waals surface area (Å²) in [6, 6.07) is 0. The zero-order valence-electron chi connectivity index (χ0n) is 35.0. The van der Waals surface area contributed by atoms with E-state index in [4.69, 9.17) is 9.47 Å². The molecule has 0 heterocycles. The van der Waals surface area contributed by atoms with Crippen molar-refractivity contribution in [2.24, 2.45) is 0 Å². The summed E-state index contributed by atoms with van der Waals surface area (Å²) in [5.74, 6) is 0.0322. The van der Waals surface area contributed by atoms with Gasteiger partial charge in [-0.05, 0) is 51.4 Å². The number of hydrogen-bond donors (Lipinski definition) is 2. The van der Waals surface area contributed by atoms with Gasteiger partial charge >= 0.3 is 5.97 Å². The Labute approximate surface area is 323 Å². The number of ether oxygens (including phenoxy) is 2. The highest BCUT2D eigenvalue weighted by Gasteiger charge is 2.16. The second-order valence-electron chi connectivity index (χ2n) is 15.7. The van der Waals surface area contributed by atoms with E-state index >= 15 is 0 Å². The molecule has 0 fully saturated rings. The molecular formula is C45H89NO6. The molecule has 52 heavy (non-hydrogen) atoms. The van der Waals surface area contributed by atoms with Gasteiger partial charge in [0.05, 0.1) is 6.10 Å². The van der Waals surface area contributed by atoms with E-state index in [0.717, 1.165) is 51.4 Å². The monoisotopic (exact) mass is 740 g/mol. The van der Waals surface area contributed by atoms with Crippen molar-refractivity contribution < 1.29 is 29.3 Å². The van der Waals surface area contributed by atoms with Gasteiger partial charge in [0, 0.05) is 45.7 Å². The van der Waals surface area contributed by atoms with Crippen LogP contribution in [0.25, 0.3) is 0 Å². The van der Waals surface area contributed by atoms with Crippen LogP contribution in [0.15, 0.2) is 0 Å². The Kier molecular flexibility index (Phi) is 40.3. The standard InChI is InChI=1S/C45H89NO6/c1-4-7-10-13-16-17-18-19-20-23-29-39-51-41-43(49)35-37-46(36-30-38-47)40-42(48)31-25-24-28-34-45(50)52-44(32-26-21-14-11-8-5-2)33-27-22-15-12-9-6-3/h42,44,47-48H,4-41H2,1-3H3. The molecule has 0 radical (unpaired) electrons. The van der Waals surface area contributed by atoms with Gasteiger partial charge in [0.15, 0.2) is 5.78 Å². The van der Waals surface area contributed by atoms with E-state index in [9.17, 15) is 19.8 Å². The summed E-state index contributed by atoms with van der Waals surface area (Å²) in [5.41, 5.74) is 0. The van der Waals surface area contributed by atoms with Crippen molar-refractivity contribution in [1.29, 1.82) is 0 Å². The highest BCUT2D eigenvalue weighted by molar-refractivity contribution is 5.79. The van der Waals surface area contributed by atoms with Gasteiger partial charge in [-0.1, -0.05) is 162 Å². The molecule has 0 aliphatic carbocycles. The van der Waals surface area contributed by atoms with Gasteiger partial charge in [0.1, 0.15) is 12.7 Å². The topological polar surface area (TPSA) is 96.3 Å². The van der Waals surface area contributed by atoms with Crippen LogP contribution in [0.2, 0.25) is 0 Å². The smallest absolute Gasteiger partial charge is 0.306 e. The molecule has 0 bridgehead atoms. The van der Waals surface area contributed by atoms with Crippen LogP contribution in [-0.4, -0.2) is 78.5 Å². The normalized spacial score (nSPS) is 12.3. The molecule has 2 N–H and O–H groups in total.